The molecule has 0 spiro atoms. The van der Waals surface area contributed by atoms with Gasteiger partial charge in [0.1, 0.15) is 0 Å². The van der Waals surface area contributed by atoms with Gasteiger partial charge in [0.25, 0.3) is 5.91 Å². The molecule has 0 aliphatic heterocycles. The average molecular weight is 347 g/mol. The quantitative estimate of drug-likeness (QED) is 0.826. The molecule has 1 amide bonds. The van der Waals surface area contributed by atoms with Crippen LogP contribution in [0.3, 0.4) is 0 Å². The molecule has 1 fully saturated rings. The van der Waals surface area contributed by atoms with Crippen molar-refractivity contribution in [1.29, 1.82) is 0 Å². The number of nitrogens with one attached hydrogen (secondary N) is 1. The highest BCUT2D eigenvalue weighted by atomic mass is 79.9. The van der Waals surface area contributed by atoms with Gasteiger partial charge in [0.05, 0.1) is 5.56 Å². The highest BCUT2D eigenvalue weighted by molar-refractivity contribution is 9.10. The Hall–Kier alpha value is -1.01. The smallest absolute Gasteiger partial charge is 0.252 e. The Morgan fingerprint density at radius 2 is 1.85 bits per heavy atom. The van der Waals surface area contributed by atoms with E-state index in [9.17, 15) is 13.6 Å². The minimum atomic E-state index is -1.04. The standard InChI is InChI=1S/C14H17BrF2N2O/c15-10-7-12(17)11(16)6-9(10)13(20)19-8-14(18)4-2-1-3-5-14/h6-7H,1-5,8,18H2,(H,19,20). The molecule has 3 N–H and O–H groups in total. The third kappa shape index (κ3) is 3.55. The lowest BCUT2D eigenvalue weighted by Gasteiger charge is -2.33. The predicted molar refractivity (Wildman–Crippen MR) is 76.4 cm³/mol. The molecule has 2 rings (SSSR count). The molecule has 0 unspecified atom stereocenters. The molecule has 0 aromatic heterocycles. The third-order valence-electron chi connectivity index (χ3n) is 3.70. The first kappa shape index (κ1) is 15.4. The summed E-state index contributed by atoms with van der Waals surface area (Å²) in [6.45, 7) is 0.345. The van der Waals surface area contributed by atoms with Gasteiger partial charge >= 0.3 is 0 Å². The Labute approximate surface area is 125 Å². The van der Waals surface area contributed by atoms with Crippen molar-refractivity contribution >= 4 is 21.8 Å². The topological polar surface area (TPSA) is 55.1 Å². The lowest BCUT2D eigenvalue weighted by Crippen LogP contribution is -2.51. The first-order valence-electron chi connectivity index (χ1n) is 6.63. The minimum absolute atomic E-state index is 0.0725. The number of nitrogens with two attached hydrogens (primary N) is 1. The number of benzene rings is 1. The molecular formula is C14H17BrF2N2O. The summed E-state index contributed by atoms with van der Waals surface area (Å²) < 4.78 is 26.4. The summed E-state index contributed by atoms with van der Waals surface area (Å²) in [6, 6.07) is 1.84. The van der Waals surface area contributed by atoms with E-state index in [2.05, 4.69) is 21.2 Å². The largest absolute Gasteiger partial charge is 0.350 e. The highest BCUT2D eigenvalue weighted by Gasteiger charge is 2.28. The van der Waals surface area contributed by atoms with Crippen molar-refractivity contribution in [3.05, 3.63) is 33.8 Å². The van der Waals surface area contributed by atoms with E-state index in [1.807, 2.05) is 0 Å². The monoisotopic (exact) mass is 346 g/mol. The molecule has 0 radical (unpaired) electrons. The summed E-state index contributed by atoms with van der Waals surface area (Å²) in [5.74, 6) is -2.49. The molecule has 1 aromatic rings. The maximum atomic E-state index is 13.2. The molecule has 0 saturated heterocycles. The van der Waals surface area contributed by atoms with Crippen LogP contribution in [0.2, 0.25) is 0 Å². The Balaban J connectivity index is 2.03. The molecule has 1 saturated carbocycles. The molecule has 3 nitrogen and oxygen atoms in total. The van der Waals surface area contributed by atoms with Crippen LogP contribution in [0, 0.1) is 11.6 Å². The van der Waals surface area contributed by atoms with E-state index in [1.165, 1.54) is 6.42 Å². The van der Waals surface area contributed by atoms with Gasteiger partial charge < -0.3 is 11.1 Å². The van der Waals surface area contributed by atoms with E-state index in [1.54, 1.807) is 0 Å². The number of hydrogen-bond acceptors (Lipinski definition) is 2. The second kappa shape index (κ2) is 6.18. The fourth-order valence-electron chi connectivity index (χ4n) is 2.48. The van der Waals surface area contributed by atoms with Gasteiger partial charge in [-0.2, -0.15) is 0 Å². The van der Waals surface area contributed by atoms with Crippen LogP contribution in [0.15, 0.2) is 16.6 Å². The second-order valence-electron chi connectivity index (χ2n) is 5.35. The first-order valence-corrected chi connectivity index (χ1v) is 7.42. The summed E-state index contributed by atoms with van der Waals surface area (Å²) in [5.41, 5.74) is 5.90. The van der Waals surface area contributed by atoms with Crippen molar-refractivity contribution in [2.24, 2.45) is 5.73 Å². The Bertz CT molecular complexity index is 516. The van der Waals surface area contributed by atoms with Gasteiger partial charge in [0.2, 0.25) is 0 Å². The summed E-state index contributed by atoms with van der Waals surface area (Å²) in [4.78, 5) is 12.0. The van der Waals surface area contributed by atoms with Crippen LogP contribution in [0.1, 0.15) is 42.5 Å². The highest BCUT2D eigenvalue weighted by Crippen LogP contribution is 2.25. The van der Waals surface area contributed by atoms with Crippen LogP contribution in [0.25, 0.3) is 0 Å². The second-order valence-corrected chi connectivity index (χ2v) is 6.21. The maximum absolute atomic E-state index is 13.2. The molecule has 1 aliphatic rings. The molecule has 0 heterocycles. The van der Waals surface area contributed by atoms with Gasteiger partial charge in [-0.15, -0.1) is 0 Å². The van der Waals surface area contributed by atoms with Crippen molar-refractivity contribution in [3.8, 4) is 0 Å². The van der Waals surface area contributed by atoms with Gasteiger partial charge in [-0.05, 0) is 40.9 Å². The Kier molecular flexibility index (Phi) is 4.75. The van der Waals surface area contributed by atoms with E-state index >= 15 is 0 Å². The normalized spacial score (nSPS) is 17.8. The summed E-state index contributed by atoms with van der Waals surface area (Å²) in [5, 5.41) is 2.71. The minimum Gasteiger partial charge on any atom is -0.350 e. The van der Waals surface area contributed by atoms with Gasteiger partial charge in [-0.3, -0.25) is 4.79 Å². The summed E-state index contributed by atoms with van der Waals surface area (Å²) in [7, 11) is 0. The van der Waals surface area contributed by atoms with E-state index in [-0.39, 0.29) is 15.6 Å². The Morgan fingerprint density at radius 3 is 2.50 bits per heavy atom. The predicted octanol–water partition coefficient (Wildman–Crippen LogP) is 3.12. The third-order valence-corrected chi connectivity index (χ3v) is 4.36. The van der Waals surface area contributed by atoms with Crippen LogP contribution in [0.5, 0.6) is 0 Å². The van der Waals surface area contributed by atoms with Crippen molar-refractivity contribution in [2.45, 2.75) is 37.6 Å². The molecule has 0 bridgehead atoms. The molecule has 1 aliphatic carbocycles. The van der Waals surface area contributed by atoms with Crippen LogP contribution in [-0.2, 0) is 0 Å². The zero-order valence-electron chi connectivity index (χ0n) is 11.0. The fourth-order valence-corrected chi connectivity index (χ4v) is 2.98. The number of amides is 1. The molecule has 110 valence electrons. The zero-order valence-corrected chi connectivity index (χ0v) is 12.6. The van der Waals surface area contributed by atoms with Crippen LogP contribution in [-0.4, -0.2) is 18.0 Å². The number of rotatable bonds is 3. The van der Waals surface area contributed by atoms with Crippen molar-refractivity contribution in [3.63, 3.8) is 0 Å². The summed E-state index contributed by atoms with van der Waals surface area (Å²) >= 11 is 3.06. The fraction of sp³-hybridized carbons (Fsp3) is 0.500. The van der Waals surface area contributed by atoms with Gasteiger partial charge in [-0.25, -0.2) is 8.78 Å². The number of carbonyl (C=O) groups excluding carboxylic acids is 1. The van der Waals surface area contributed by atoms with Gasteiger partial charge in [0.15, 0.2) is 11.6 Å². The average Bonchev–Trinajstić information content (AvgIpc) is 2.41. The lowest BCUT2D eigenvalue weighted by molar-refractivity contribution is 0.0936. The van der Waals surface area contributed by atoms with E-state index < -0.39 is 17.5 Å². The van der Waals surface area contributed by atoms with Crippen LogP contribution in [0.4, 0.5) is 8.78 Å². The lowest BCUT2D eigenvalue weighted by atomic mass is 9.82. The summed E-state index contributed by atoms with van der Waals surface area (Å²) in [6.07, 6.45) is 5.02. The van der Waals surface area contributed by atoms with Crippen molar-refractivity contribution in [1.82, 2.24) is 5.32 Å². The van der Waals surface area contributed by atoms with Crippen molar-refractivity contribution < 1.29 is 13.6 Å². The molecule has 20 heavy (non-hydrogen) atoms. The van der Waals surface area contributed by atoms with E-state index in [4.69, 9.17) is 5.73 Å². The van der Waals surface area contributed by atoms with Crippen LogP contribution >= 0.6 is 15.9 Å². The van der Waals surface area contributed by atoms with Gasteiger partial charge in [-0.1, -0.05) is 19.3 Å². The molecule has 6 heteroatoms. The van der Waals surface area contributed by atoms with E-state index in [0.717, 1.165) is 37.8 Å². The number of carbonyl (C=O) groups is 1. The molecular weight excluding hydrogens is 330 g/mol. The van der Waals surface area contributed by atoms with Crippen molar-refractivity contribution in [2.75, 3.05) is 6.54 Å². The molecule has 1 aromatic carbocycles. The maximum Gasteiger partial charge on any atom is 0.252 e. The van der Waals surface area contributed by atoms with E-state index in [0.29, 0.717) is 6.54 Å². The number of halogens is 3. The zero-order chi connectivity index (χ0) is 14.8. The number of hydrogen-bond donors (Lipinski definition) is 2. The SMILES string of the molecule is NC1(CNC(=O)c2cc(F)c(F)cc2Br)CCCCC1. The Morgan fingerprint density at radius 1 is 1.25 bits per heavy atom. The first-order chi connectivity index (χ1) is 9.41. The van der Waals surface area contributed by atoms with Crippen LogP contribution < -0.4 is 11.1 Å². The van der Waals surface area contributed by atoms with Gasteiger partial charge in [0, 0.05) is 16.6 Å². The molecule has 0 atom stereocenters.